The molecule has 0 bridgehead atoms. The van der Waals surface area contributed by atoms with Crippen LogP contribution in [0.3, 0.4) is 0 Å². The van der Waals surface area contributed by atoms with E-state index < -0.39 is 0 Å². The summed E-state index contributed by atoms with van der Waals surface area (Å²) in [5.41, 5.74) is 6.83. The second kappa shape index (κ2) is 3.96. The summed E-state index contributed by atoms with van der Waals surface area (Å²) < 4.78 is 0. The molecular weight excluding hydrogens is 244 g/mol. The van der Waals surface area contributed by atoms with Gasteiger partial charge in [-0.3, -0.25) is 4.79 Å². The minimum absolute atomic E-state index is 0.114. The van der Waals surface area contributed by atoms with Crippen molar-refractivity contribution in [3.05, 3.63) is 33.9 Å². The zero-order chi connectivity index (χ0) is 14.9. The van der Waals surface area contributed by atoms with E-state index in [-0.39, 0.29) is 10.8 Å². The van der Waals surface area contributed by atoms with E-state index in [4.69, 9.17) is 0 Å². The van der Waals surface area contributed by atoms with Crippen LogP contribution in [0, 0.1) is 6.92 Å². The van der Waals surface area contributed by atoms with Crippen molar-refractivity contribution in [2.24, 2.45) is 0 Å². The molecule has 0 saturated heterocycles. The van der Waals surface area contributed by atoms with E-state index >= 15 is 0 Å². The van der Waals surface area contributed by atoms with Gasteiger partial charge in [-0.05, 0) is 58.8 Å². The maximum absolute atomic E-state index is 12.6. The largest absolute Gasteiger partial charge is 0.294 e. The molecule has 0 aliphatic heterocycles. The predicted molar refractivity (Wildman–Crippen MR) is 83.8 cm³/mol. The van der Waals surface area contributed by atoms with Crippen molar-refractivity contribution in [1.29, 1.82) is 0 Å². The lowest BCUT2D eigenvalue weighted by Crippen LogP contribution is -2.23. The highest BCUT2D eigenvalue weighted by atomic mass is 16.1. The van der Waals surface area contributed by atoms with Crippen LogP contribution in [-0.2, 0) is 10.8 Å². The average Bonchev–Trinajstić information content (AvgIpc) is 2.49. The van der Waals surface area contributed by atoms with E-state index in [0.29, 0.717) is 11.7 Å². The summed E-state index contributed by atoms with van der Waals surface area (Å²) in [5.74, 6) is 0.899. The van der Waals surface area contributed by atoms with Gasteiger partial charge < -0.3 is 0 Å². The third-order valence-corrected chi connectivity index (χ3v) is 5.44. The normalized spacial score (nSPS) is 26.3. The first-order valence-corrected chi connectivity index (χ1v) is 7.87. The van der Waals surface area contributed by atoms with E-state index in [1.54, 1.807) is 0 Å². The molecule has 0 unspecified atom stereocenters. The van der Waals surface area contributed by atoms with Crippen LogP contribution in [0.15, 0.2) is 6.07 Å². The minimum atomic E-state index is 0.114. The highest BCUT2D eigenvalue weighted by molar-refractivity contribution is 6.01. The molecular formula is C19H26O. The Morgan fingerprint density at radius 3 is 2.45 bits per heavy atom. The Labute approximate surface area is 122 Å². The molecule has 0 saturated carbocycles. The molecule has 0 spiro atoms. The average molecular weight is 270 g/mol. The van der Waals surface area contributed by atoms with Gasteiger partial charge in [-0.25, -0.2) is 0 Å². The molecule has 1 aromatic rings. The Kier molecular flexibility index (Phi) is 2.74. The highest BCUT2D eigenvalue weighted by Gasteiger charge is 2.46. The van der Waals surface area contributed by atoms with Crippen molar-refractivity contribution in [2.75, 3.05) is 0 Å². The van der Waals surface area contributed by atoms with Gasteiger partial charge >= 0.3 is 0 Å². The summed E-state index contributed by atoms with van der Waals surface area (Å²) in [4.78, 5) is 12.6. The van der Waals surface area contributed by atoms with E-state index in [9.17, 15) is 4.79 Å². The predicted octanol–water partition coefficient (Wildman–Crippen LogP) is 5.03. The second-order valence-electron chi connectivity index (χ2n) is 8.21. The molecule has 0 radical (unpaired) electrons. The molecule has 0 heterocycles. The Hall–Kier alpha value is -1.11. The first kappa shape index (κ1) is 13.9. The van der Waals surface area contributed by atoms with Gasteiger partial charge in [0.1, 0.15) is 0 Å². The van der Waals surface area contributed by atoms with Gasteiger partial charge in [-0.2, -0.15) is 0 Å². The van der Waals surface area contributed by atoms with E-state index in [2.05, 4.69) is 47.6 Å². The summed E-state index contributed by atoms with van der Waals surface area (Å²) in [5, 5.41) is 0. The molecule has 0 amide bonds. The molecule has 3 rings (SSSR count). The number of hydrogen-bond donors (Lipinski definition) is 0. The Balaban J connectivity index is 2.41. The van der Waals surface area contributed by atoms with Gasteiger partial charge in [-0.15, -0.1) is 0 Å². The number of hydrogen-bond acceptors (Lipinski definition) is 1. The molecule has 2 aliphatic carbocycles. The van der Waals surface area contributed by atoms with Crippen LogP contribution in [0.5, 0.6) is 0 Å². The summed E-state index contributed by atoms with van der Waals surface area (Å²) in [6.45, 7) is 13.7. The van der Waals surface area contributed by atoms with Gasteiger partial charge in [0.2, 0.25) is 0 Å². The van der Waals surface area contributed by atoms with Gasteiger partial charge in [0.15, 0.2) is 5.78 Å². The zero-order valence-corrected chi connectivity index (χ0v) is 13.7. The fraction of sp³-hybridized carbons (Fsp3) is 0.632. The lowest BCUT2D eigenvalue weighted by Gasteiger charge is -2.30. The lowest BCUT2D eigenvalue weighted by molar-refractivity contribution is 0.0965. The standard InChI is InChI=1S/C19H26O/c1-11-7-8-14(20)16-15(11)12(2)9-13-17(16)19(5,6)10-18(13,3)4/h9,11H,7-8,10H2,1-6H3/t11-/m0/s1. The van der Waals surface area contributed by atoms with Gasteiger partial charge in [-0.1, -0.05) is 40.7 Å². The molecule has 2 aliphatic rings. The number of rotatable bonds is 0. The van der Waals surface area contributed by atoms with Gasteiger partial charge in [0.25, 0.3) is 0 Å². The van der Waals surface area contributed by atoms with Crippen LogP contribution in [0.4, 0.5) is 0 Å². The molecule has 0 fully saturated rings. The van der Waals surface area contributed by atoms with Crippen LogP contribution in [0.25, 0.3) is 0 Å². The smallest absolute Gasteiger partial charge is 0.163 e. The number of ketones is 1. The summed E-state index contributed by atoms with van der Waals surface area (Å²) in [6.07, 6.45) is 2.86. The highest BCUT2D eigenvalue weighted by Crippen LogP contribution is 2.53. The maximum Gasteiger partial charge on any atom is 0.163 e. The van der Waals surface area contributed by atoms with Crippen molar-refractivity contribution < 1.29 is 4.79 Å². The number of aryl methyl sites for hydroxylation is 1. The fourth-order valence-electron chi connectivity index (χ4n) is 4.90. The van der Waals surface area contributed by atoms with E-state index in [1.165, 1.54) is 22.3 Å². The molecule has 1 aromatic carbocycles. The molecule has 20 heavy (non-hydrogen) atoms. The summed E-state index contributed by atoms with van der Waals surface area (Å²) in [6, 6.07) is 2.37. The van der Waals surface area contributed by atoms with Crippen LogP contribution in [-0.4, -0.2) is 5.78 Å². The molecule has 1 heteroatoms. The van der Waals surface area contributed by atoms with Crippen molar-refractivity contribution in [2.45, 2.75) is 77.6 Å². The van der Waals surface area contributed by atoms with Crippen molar-refractivity contribution >= 4 is 5.78 Å². The van der Waals surface area contributed by atoms with E-state index in [0.717, 1.165) is 24.8 Å². The SMILES string of the molecule is Cc1cc2c(c3c1[C@@H](C)CCC3=O)C(C)(C)CC2(C)C. The first-order chi connectivity index (χ1) is 9.15. The molecule has 0 N–H and O–H groups in total. The first-order valence-electron chi connectivity index (χ1n) is 7.87. The minimum Gasteiger partial charge on any atom is -0.294 e. The third-order valence-electron chi connectivity index (χ3n) is 5.44. The molecule has 0 aromatic heterocycles. The van der Waals surface area contributed by atoms with Crippen LogP contribution in [0.1, 0.15) is 92.4 Å². The number of carbonyl (C=O) groups excluding carboxylic acids is 1. The maximum atomic E-state index is 12.6. The lowest BCUT2D eigenvalue weighted by atomic mass is 9.73. The quantitative estimate of drug-likeness (QED) is 0.646. The molecule has 1 atom stereocenters. The number of benzene rings is 1. The topological polar surface area (TPSA) is 17.1 Å². The van der Waals surface area contributed by atoms with Crippen LogP contribution >= 0.6 is 0 Å². The van der Waals surface area contributed by atoms with Crippen LogP contribution in [0.2, 0.25) is 0 Å². The zero-order valence-electron chi connectivity index (χ0n) is 13.7. The third kappa shape index (κ3) is 1.71. The fourth-order valence-corrected chi connectivity index (χ4v) is 4.90. The van der Waals surface area contributed by atoms with Gasteiger partial charge in [0, 0.05) is 12.0 Å². The number of Topliss-reactive ketones (excluding diaryl/α,β-unsaturated/α-hetero) is 1. The Morgan fingerprint density at radius 1 is 1.15 bits per heavy atom. The monoisotopic (exact) mass is 270 g/mol. The van der Waals surface area contributed by atoms with Crippen molar-refractivity contribution in [1.82, 2.24) is 0 Å². The molecule has 108 valence electrons. The summed E-state index contributed by atoms with van der Waals surface area (Å²) in [7, 11) is 0. The Morgan fingerprint density at radius 2 is 1.80 bits per heavy atom. The number of carbonyl (C=O) groups is 1. The number of fused-ring (bicyclic) bond motifs is 3. The van der Waals surface area contributed by atoms with Crippen molar-refractivity contribution in [3.63, 3.8) is 0 Å². The van der Waals surface area contributed by atoms with Crippen molar-refractivity contribution in [3.8, 4) is 0 Å². The Bertz CT molecular complexity index is 605. The van der Waals surface area contributed by atoms with Crippen LogP contribution < -0.4 is 0 Å². The van der Waals surface area contributed by atoms with E-state index in [1.807, 2.05) is 0 Å². The summed E-state index contributed by atoms with van der Waals surface area (Å²) >= 11 is 0. The molecule has 1 nitrogen and oxygen atoms in total. The second-order valence-corrected chi connectivity index (χ2v) is 8.21. The van der Waals surface area contributed by atoms with Gasteiger partial charge in [0.05, 0.1) is 0 Å².